The summed E-state index contributed by atoms with van der Waals surface area (Å²) >= 11 is 0. The van der Waals surface area contributed by atoms with Gasteiger partial charge in [0.05, 0.1) is 5.60 Å². The van der Waals surface area contributed by atoms with Crippen LogP contribution in [0.3, 0.4) is 0 Å². The summed E-state index contributed by atoms with van der Waals surface area (Å²) < 4.78 is 6.32. The summed E-state index contributed by atoms with van der Waals surface area (Å²) in [5.74, 6) is 0. The van der Waals surface area contributed by atoms with Crippen molar-refractivity contribution in [2.24, 2.45) is 5.41 Å². The van der Waals surface area contributed by atoms with Gasteiger partial charge in [-0.3, -0.25) is 0 Å². The van der Waals surface area contributed by atoms with E-state index >= 15 is 0 Å². The molecule has 0 aliphatic heterocycles. The summed E-state index contributed by atoms with van der Waals surface area (Å²) in [5, 5.41) is 3.74. The fourth-order valence-corrected chi connectivity index (χ4v) is 3.34. The van der Waals surface area contributed by atoms with Gasteiger partial charge in [-0.05, 0) is 64.3 Å². The van der Waals surface area contributed by atoms with Crippen LogP contribution in [-0.2, 0) is 4.74 Å². The molecule has 1 atom stereocenters. The van der Waals surface area contributed by atoms with Crippen LogP contribution in [0.2, 0.25) is 0 Å². The Hall–Kier alpha value is -0.340. The first-order chi connectivity index (χ1) is 9.35. The van der Waals surface area contributed by atoms with E-state index in [1.165, 1.54) is 37.7 Å². The van der Waals surface area contributed by atoms with E-state index in [0.29, 0.717) is 11.5 Å². The fraction of sp³-hybridized carbons (Fsp3) is 0.889. The first kappa shape index (κ1) is 17.7. The van der Waals surface area contributed by atoms with Crippen molar-refractivity contribution in [3.8, 4) is 0 Å². The topological polar surface area (TPSA) is 21.3 Å². The molecular weight excluding hydrogens is 246 g/mol. The number of ether oxygens (including phenoxy) is 1. The summed E-state index contributed by atoms with van der Waals surface area (Å²) in [6.45, 7) is 17.2. The molecule has 20 heavy (non-hydrogen) atoms. The number of hydrogen-bond acceptors (Lipinski definition) is 2. The average Bonchev–Trinajstić information content (AvgIpc) is 2.37. The van der Waals surface area contributed by atoms with E-state index in [1.807, 2.05) is 0 Å². The molecule has 0 amide bonds. The quantitative estimate of drug-likeness (QED) is 0.651. The van der Waals surface area contributed by atoms with Crippen molar-refractivity contribution in [3.63, 3.8) is 0 Å². The summed E-state index contributed by atoms with van der Waals surface area (Å²) in [6.07, 6.45) is 7.05. The predicted octanol–water partition coefficient (Wildman–Crippen LogP) is 4.70. The molecule has 0 bridgehead atoms. The largest absolute Gasteiger partial charge is 0.374 e. The molecule has 0 aromatic rings. The van der Waals surface area contributed by atoms with Crippen LogP contribution >= 0.6 is 0 Å². The lowest BCUT2D eigenvalue weighted by Gasteiger charge is -2.48. The highest BCUT2D eigenvalue weighted by Gasteiger charge is 2.44. The molecule has 0 heterocycles. The zero-order valence-corrected chi connectivity index (χ0v) is 14.3. The smallest absolute Gasteiger partial charge is 0.0838 e. The highest BCUT2D eigenvalue weighted by atomic mass is 16.5. The van der Waals surface area contributed by atoms with Crippen molar-refractivity contribution < 1.29 is 4.74 Å². The second-order valence-electron chi connectivity index (χ2n) is 7.33. The van der Waals surface area contributed by atoms with E-state index in [0.717, 1.165) is 19.6 Å². The minimum Gasteiger partial charge on any atom is -0.374 e. The van der Waals surface area contributed by atoms with Gasteiger partial charge in [0.15, 0.2) is 0 Å². The molecule has 0 aromatic heterocycles. The van der Waals surface area contributed by atoms with Gasteiger partial charge in [-0.2, -0.15) is 0 Å². The first-order valence-electron chi connectivity index (χ1n) is 8.37. The van der Waals surface area contributed by atoms with Crippen molar-refractivity contribution in [2.75, 3.05) is 13.2 Å². The molecule has 1 rings (SSSR count). The van der Waals surface area contributed by atoms with E-state index in [1.54, 1.807) is 0 Å². The molecule has 2 heteroatoms. The molecule has 1 unspecified atom stereocenters. The van der Waals surface area contributed by atoms with Crippen LogP contribution < -0.4 is 5.32 Å². The van der Waals surface area contributed by atoms with E-state index in [-0.39, 0.29) is 5.60 Å². The van der Waals surface area contributed by atoms with Gasteiger partial charge in [0.25, 0.3) is 0 Å². The maximum absolute atomic E-state index is 6.32. The molecule has 0 radical (unpaired) electrons. The summed E-state index contributed by atoms with van der Waals surface area (Å²) in [4.78, 5) is 0. The lowest BCUT2D eigenvalue weighted by Crippen LogP contribution is -2.55. The Balaban J connectivity index is 2.85. The van der Waals surface area contributed by atoms with Crippen LogP contribution in [0.4, 0.5) is 0 Å². The van der Waals surface area contributed by atoms with Gasteiger partial charge < -0.3 is 10.1 Å². The monoisotopic (exact) mass is 281 g/mol. The van der Waals surface area contributed by atoms with Gasteiger partial charge in [0.1, 0.15) is 0 Å². The van der Waals surface area contributed by atoms with Crippen molar-refractivity contribution in [1.29, 1.82) is 0 Å². The third-order valence-corrected chi connectivity index (χ3v) is 4.71. The number of nitrogens with one attached hydrogen (secondary N) is 1. The van der Waals surface area contributed by atoms with Crippen LogP contribution in [0.5, 0.6) is 0 Å². The van der Waals surface area contributed by atoms with Gasteiger partial charge in [0, 0.05) is 12.6 Å². The second-order valence-corrected chi connectivity index (χ2v) is 7.33. The van der Waals surface area contributed by atoms with Crippen molar-refractivity contribution >= 4 is 0 Å². The summed E-state index contributed by atoms with van der Waals surface area (Å²) in [6, 6.07) is 0.413. The highest BCUT2D eigenvalue weighted by Crippen LogP contribution is 2.44. The van der Waals surface area contributed by atoms with E-state index < -0.39 is 0 Å². The van der Waals surface area contributed by atoms with E-state index in [9.17, 15) is 0 Å². The summed E-state index contributed by atoms with van der Waals surface area (Å²) in [7, 11) is 0. The lowest BCUT2D eigenvalue weighted by molar-refractivity contribution is -0.106. The predicted molar refractivity (Wildman–Crippen MR) is 88.1 cm³/mol. The standard InChI is InChI=1S/C18H35NO/c1-7-13-19-16(14-15(3)4)18(20-8-2)11-9-17(5,6)10-12-18/h16,19H,3,7-14H2,1-2,4-6H3. The Bertz CT molecular complexity index is 299. The van der Waals surface area contributed by atoms with Crippen LogP contribution in [0.1, 0.15) is 73.1 Å². The fourth-order valence-electron chi connectivity index (χ4n) is 3.34. The van der Waals surface area contributed by atoms with Crippen molar-refractivity contribution in [3.05, 3.63) is 12.2 Å². The average molecular weight is 281 g/mol. The maximum atomic E-state index is 6.32. The minimum absolute atomic E-state index is 0.0123. The van der Waals surface area contributed by atoms with Gasteiger partial charge in [-0.15, -0.1) is 6.58 Å². The minimum atomic E-state index is 0.0123. The molecule has 0 aromatic carbocycles. The Morgan fingerprint density at radius 3 is 2.25 bits per heavy atom. The Kier molecular flexibility index (Phi) is 6.74. The molecule has 0 spiro atoms. The number of rotatable bonds is 8. The van der Waals surface area contributed by atoms with Crippen LogP contribution in [-0.4, -0.2) is 24.8 Å². The maximum Gasteiger partial charge on any atom is 0.0838 e. The second kappa shape index (κ2) is 7.61. The molecule has 1 aliphatic rings. The highest BCUT2D eigenvalue weighted by molar-refractivity contribution is 5.04. The Labute approximate surface area is 126 Å². The molecule has 2 nitrogen and oxygen atoms in total. The molecular formula is C18H35NO. The van der Waals surface area contributed by atoms with Gasteiger partial charge >= 0.3 is 0 Å². The van der Waals surface area contributed by atoms with E-state index in [2.05, 4.69) is 46.5 Å². The van der Waals surface area contributed by atoms with Gasteiger partial charge in [-0.1, -0.05) is 26.3 Å². The molecule has 1 aliphatic carbocycles. The Morgan fingerprint density at radius 2 is 1.80 bits per heavy atom. The summed E-state index contributed by atoms with van der Waals surface area (Å²) in [5.41, 5.74) is 1.74. The van der Waals surface area contributed by atoms with Crippen LogP contribution in [0.25, 0.3) is 0 Å². The third kappa shape index (κ3) is 4.89. The van der Waals surface area contributed by atoms with Crippen LogP contribution in [0, 0.1) is 5.41 Å². The van der Waals surface area contributed by atoms with Crippen molar-refractivity contribution in [2.45, 2.75) is 84.8 Å². The lowest BCUT2D eigenvalue weighted by atomic mass is 9.67. The van der Waals surface area contributed by atoms with Gasteiger partial charge in [-0.25, -0.2) is 0 Å². The molecule has 1 fully saturated rings. The SMILES string of the molecule is C=C(C)CC(NCCC)C1(OCC)CCC(C)(C)CC1. The normalized spacial score (nSPS) is 22.4. The number of hydrogen-bond donors (Lipinski definition) is 1. The van der Waals surface area contributed by atoms with Crippen molar-refractivity contribution in [1.82, 2.24) is 5.32 Å². The third-order valence-electron chi connectivity index (χ3n) is 4.71. The molecule has 1 N–H and O–H groups in total. The first-order valence-corrected chi connectivity index (χ1v) is 8.37. The van der Waals surface area contributed by atoms with Crippen LogP contribution in [0.15, 0.2) is 12.2 Å². The zero-order chi connectivity index (χ0) is 15.2. The van der Waals surface area contributed by atoms with Gasteiger partial charge in [0.2, 0.25) is 0 Å². The molecule has 1 saturated carbocycles. The van der Waals surface area contributed by atoms with E-state index in [4.69, 9.17) is 4.74 Å². The Morgan fingerprint density at radius 1 is 1.20 bits per heavy atom. The molecule has 118 valence electrons. The zero-order valence-electron chi connectivity index (χ0n) is 14.3. The molecule has 0 saturated heterocycles.